The van der Waals surface area contributed by atoms with Crippen LogP contribution in [0.2, 0.25) is 0 Å². The molecule has 0 aliphatic rings. The lowest BCUT2D eigenvalue weighted by molar-refractivity contribution is -0.124. The van der Waals surface area contributed by atoms with Crippen molar-refractivity contribution < 1.29 is 19.5 Å². The van der Waals surface area contributed by atoms with Crippen LogP contribution < -0.4 is 16.8 Å². The monoisotopic (exact) mass is 515 g/mol. The Morgan fingerprint density at radius 1 is 1.00 bits per heavy atom. The molecule has 194 valence electrons. The highest BCUT2D eigenvalue weighted by Crippen LogP contribution is 2.32. The molecule has 1 aromatic heterocycles. The molecule has 7 N–H and O–H groups in total. The van der Waals surface area contributed by atoms with Crippen LogP contribution >= 0.6 is 12.4 Å². The maximum atomic E-state index is 12.2. The van der Waals surface area contributed by atoms with Gasteiger partial charge in [0.15, 0.2) is 17.6 Å². The van der Waals surface area contributed by atoms with E-state index in [2.05, 4.69) is 10.3 Å². The van der Waals surface area contributed by atoms with Gasteiger partial charge in [0.25, 0.3) is 0 Å². The van der Waals surface area contributed by atoms with Crippen molar-refractivity contribution >= 4 is 30.6 Å². The predicted octanol–water partition coefficient (Wildman–Crippen LogP) is 3.06. The zero-order chi connectivity index (χ0) is 24.2. The van der Waals surface area contributed by atoms with Crippen molar-refractivity contribution in [1.82, 2.24) is 10.3 Å². The number of halogens is 1. The van der Waals surface area contributed by atoms with Gasteiger partial charge in [-0.15, -0.1) is 12.4 Å². The van der Waals surface area contributed by atoms with Gasteiger partial charge in [0.2, 0.25) is 5.91 Å². The minimum absolute atomic E-state index is 0. The number of unbranched alkanes of at least 4 members (excludes halogenated alkanes) is 1. The van der Waals surface area contributed by atoms with Crippen LogP contribution in [-0.4, -0.2) is 41.2 Å². The molecule has 1 amide bonds. The number of carbonyl (C=O) groups is 2. The number of nitrogens with zero attached hydrogens (tertiary/aromatic N) is 2. The summed E-state index contributed by atoms with van der Waals surface area (Å²) < 4.78 is 6.13. The highest BCUT2D eigenvalue weighted by atomic mass is 35.5. The normalized spacial score (nSPS) is 10.9. The van der Waals surface area contributed by atoms with E-state index in [4.69, 9.17) is 20.9 Å². The lowest BCUT2D eigenvalue weighted by atomic mass is 10.1. The van der Waals surface area contributed by atoms with E-state index in [1.165, 1.54) is 0 Å². The number of amides is 1. The van der Waals surface area contributed by atoms with E-state index in [1.54, 1.807) is 0 Å². The fourth-order valence-electron chi connectivity index (χ4n) is 3.58. The average molecular weight is 516 g/mol. The summed E-state index contributed by atoms with van der Waals surface area (Å²) in [5.74, 6) is 1.25. The molecule has 0 bridgehead atoms. The number of benzene rings is 2. The van der Waals surface area contributed by atoms with Gasteiger partial charge >= 0.3 is 0 Å². The van der Waals surface area contributed by atoms with Crippen molar-refractivity contribution in [1.29, 1.82) is 0 Å². The fourth-order valence-corrected chi connectivity index (χ4v) is 3.58. The molecule has 0 saturated carbocycles. The van der Waals surface area contributed by atoms with Crippen LogP contribution in [0.15, 0.2) is 70.1 Å². The second-order valence-corrected chi connectivity index (χ2v) is 7.98. The molecule has 1 heterocycles. The standard InChI is InChI=1S/C26H31N5O3.ClH.H2O/c27-26(28)29-17-9-14-21(18-32)30-22(33)15-7-8-16-23-31-24(19-10-3-1-4-11-19)25(34-23)20-12-5-2-6-13-20;;/h1-6,10-13,18,21H,7-9,14-17H2,(H,30,33)(H4,27,28,29);1H;1H2/t21-;;/m0../s1. The summed E-state index contributed by atoms with van der Waals surface area (Å²) in [5, 5.41) is 2.75. The summed E-state index contributed by atoms with van der Waals surface area (Å²) in [7, 11) is 0. The van der Waals surface area contributed by atoms with Crippen LogP contribution in [0, 0.1) is 0 Å². The lowest BCUT2D eigenvalue weighted by Gasteiger charge is -2.12. The quantitative estimate of drug-likeness (QED) is 0.137. The molecular weight excluding hydrogens is 482 g/mol. The summed E-state index contributed by atoms with van der Waals surface area (Å²) in [5.41, 5.74) is 13.3. The molecule has 2 aromatic carbocycles. The molecule has 3 aromatic rings. The number of aromatic nitrogens is 1. The first kappa shape index (κ1) is 30.3. The number of aryl methyl sites for hydroxylation is 1. The van der Waals surface area contributed by atoms with Crippen molar-refractivity contribution in [3.63, 3.8) is 0 Å². The van der Waals surface area contributed by atoms with E-state index in [0.717, 1.165) is 35.3 Å². The molecule has 10 heteroatoms. The highest BCUT2D eigenvalue weighted by Gasteiger charge is 2.17. The third-order valence-corrected chi connectivity index (χ3v) is 5.28. The van der Waals surface area contributed by atoms with Gasteiger partial charge in [0.05, 0.1) is 6.04 Å². The summed E-state index contributed by atoms with van der Waals surface area (Å²) in [6.45, 7) is 0.425. The van der Waals surface area contributed by atoms with Gasteiger partial charge in [-0.25, -0.2) is 4.98 Å². The molecule has 0 unspecified atom stereocenters. The molecule has 1 atom stereocenters. The van der Waals surface area contributed by atoms with Gasteiger partial charge in [-0.05, 0) is 25.7 Å². The van der Waals surface area contributed by atoms with E-state index in [1.807, 2.05) is 60.7 Å². The summed E-state index contributed by atoms with van der Waals surface area (Å²) in [4.78, 5) is 32.1. The molecule has 0 aliphatic carbocycles. The minimum atomic E-state index is -0.532. The molecule has 36 heavy (non-hydrogen) atoms. The topological polar surface area (TPSA) is 168 Å². The Bertz CT molecular complexity index is 1030. The summed E-state index contributed by atoms with van der Waals surface area (Å²) in [6, 6.07) is 19.3. The van der Waals surface area contributed by atoms with E-state index < -0.39 is 6.04 Å². The first-order valence-corrected chi connectivity index (χ1v) is 11.5. The number of nitrogens with one attached hydrogen (secondary N) is 1. The molecule has 0 aliphatic heterocycles. The summed E-state index contributed by atoms with van der Waals surface area (Å²) in [6.07, 6.45) is 4.20. The van der Waals surface area contributed by atoms with Crippen LogP contribution in [0.5, 0.6) is 0 Å². The van der Waals surface area contributed by atoms with Gasteiger partial charge in [-0.1, -0.05) is 60.7 Å². The van der Waals surface area contributed by atoms with Crippen LogP contribution in [0.3, 0.4) is 0 Å². The van der Waals surface area contributed by atoms with Gasteiger partial charge in [-0.3, -0.25) is 9.79 Å². The van der Waals surface area contributed by atoms with Crippen LogP contribution in [-0.2, 0) is 16.0 Å². The Labute approximate surface area is 217 Å². The van der Waals surface area contributed by atoms with Crippen LogP contribution in [0.4, 0.5) is 0 Å². The predicted molar refractivity (Wildman–Crippen MR) is 144 cm³/mol. The van der Waals surface area contributed by atoms with Gasteiger partial charge in [0, 0.05) is 30.5 Å². The van der Waals surface area contributed by atoms with E-state index in [9.17, 15) is 9.59 Å². The van der Waals surface area contributed by atoms with Crippen molar-refractivity contribution in [2.75, 3.05) is 6.54 Å². The number of nitrogens with two attached hydrogens (primary N) is 2. The molecule has 0 fully saturated rings. The van der Waals surface area contributed by atoms with Gasteiger partial charge in [0.1, 0.15) is 12.0 Å². The Hall–Kier alpha value is -3.69. The van der Waals surface area contributed by atoms with Gasteiger partial charge in [-0.2, -0.15) is 0 Å². The van der Waals surface area contributed by atoms with Crippen molar-refractivity contribution in [3.8, 4) is 22.6 Å². The highest BCUT2D eigenvalue weighted by molar-refractivity contribution is 5.85. The maximum absolute atomic E-state index is 12.2. The van der Waals surface area contributed by atoms with Crippen LogP contribution in [0.1, 0.15) is 38.0 Å². The molecule has 0 radical (unpaired) electrons. The smallest absolute Gasteiger partial charge is 0.220 e. The Morgan fingerprint density at radius 2 is 1.64 bits per heavy atom. The first-order chi connectivity index (χ1) is 16.6. The Kier molecular flexibility index (Phi) is 13.5. The lowest BCUT2D eigenvalue weighted by Crippen LogP contribution is -2.36. The summed E-state index contributed by atoms with van der Waals surface area (Å²) >= 11 is 0. The fraction of sp³-hybridized carbons (Fsp3) is 0.308. The maximum Gasteiger partial charge on any atom is 0.220 e. The zero-order valence-corrected chi connectivity index (χ0v) is 20.9. The van der Waals surface area contributed by atoms with Gasteiger partial charge < -0.3 is 31.5 Å². The Morgan fingerprint density at radius 3 is 2.25 bits per heavy atom. The SMILES string of the molecule is Cl.NC(N)=NCCC[C@@H](C=O)NC(=O)CCCCc1nc(-c2ccccc2)c(-c2ccccc2)o1.O. The van der Waals surface area contributed by atoms with Crippen molar-refractivity contribution in [3.05, 3.63) is 66.6 Å². The number of aldehydes is 1. The number of aliphatic imine (C=N–C) groups is 1. The molecular formula is C26H34ClN5O4. The zero-order valence-electron chi connectivity index (χ0n) is 20.1. The van der Waals surface area contributed by atoms with Crippen LogP contribution in [0.25, 0.3) is 22.6 Å². The number of carbonyl (C=O) groups excluding carboxylic acids is 2. The number of hydrogen-bond acceptors (Lipinski definition) is 5. The first-order valence-electron chi connectivity index (χ1n) is 11.5. The van der Waals surface area contributed by atoms with Crippen molar-refractivity contribution in [2.45, 2.75) is 44.6 Å². The molecule has 3 rings (SSSR count). The number of rotatable bonds is 13. The molecule has 9 nitrogen and oxygen atoms in total. The second kappa shape index (κ2) is 16.1. The average Bonchev–Trinajstić information content (AvgIpc) is 3.29. The minimum Gasteiger partial charge on any atom is -0.440 e. The third kappa shape index (κ3) is 9.52. The largest absolute Gasteiger partial charge is 0.440 e. The number of hydrogen-bond donors (Lipinski definition) is 3. The van der Waals surface area contributed by atoms with E-state index in [-0.39, 0.29) is 29.7 Å². The molecule has 0 saturated heterocycles. The second-order valence-electron chi connectivity index (χ2n) is 7.98. The Balaban J connectivity index is 0.00000324. The van der Waals surface area contributed by atoms with E-state index >= 15 is 0 Å². The number of oxazole rings is 1. The third-order valence-electron chi connectivity index (χ3n) is 5.28. The molecule has 0 spiro atoms. The van der Waals surface area contributed by atoms with Crippen molar-refractivity contribution in [2.24, 2.45) is 16.5 Å². The number of guanidine groups is 1. The van der Waals surface area contributed by atoms with E-state index in [0.29, 0.717) is 44.5 Å².